The summed E-state index contributed by atoms with van der Waals surface area (Å²) in [6, 6.07) is 3.84. The Kier molecular flexibility index (Phi) is 3.99. The van der Waals surface area contributed by atoms with Crippen molar-refractivity contribution in [3.05, 3.63) is 52.6 Å². The first kappa shape index (κ1) is 13.1. The van der Waals surface area contributed by atoms with Gasteiger partial charge in [0.25, 0.3) is 0 Å². The van der Waals surface area contributed by atoms with E-state index in [9.17, 15) is 4.39 Å². The van der Waals surface area contributed by atoms with Crippen LogP contribution >= 0.6 is 11.6 Å². The van der Waals surface area contributed by atoms with Gasteiger partial charge in [-0.3, -0.25) is 4.68 Å². The first-order chi connectivity index (χ1) is 8.61. The maximum Gasteiger partial charge on any atom is 0.128 e. The number of rotatable bonds is 4. The van der Waals surface area contributed by atoms with Gasteiger partial charge in [0.2, 0.25) is 0 Å². The predicted molar refractivity (Wildman–Crippen MR) is 70.0 cm³/mol. The third-order valence-electron chi connectivity index (χ3n) is 2.76. The first-order valence-corrected chi connectivity index (χ1v) is 6.22. The summed E-state index contributed by atoms with van der Waals surface area (Å²) in [7, 11) is 0. The van der Waals surface area contributed by atoms with Gasteiger partial charge in [0.1, 0.15) is 5.82 Å². The SMILES string of the molecule is CCCn1cc(C(N)c2cc(Cl)ccc2F)cn1. The maximum absolute atomic E-state index is 13.7. The number of benzene rings is 1. The third-order valence-corrected chi connectivity index (χ3v) is 2.99. The zero-order chi connectivity index (χ0) is 13.1. The largest absolute Gasteiger partial charge is 0.320 e. The van der Waals surface area contributed by atoms with Gasteiger partial charge in [0.15, 0.2) is 0 Å². The van der Waals surface area contributed by atoms with Crippen LogP contribution in [0.1, 0.15) is 30.5 Å². The number of hydrogen-bond donors (Lipinski definition) is 1. The fraction of sp³-hybridized carbons (Fsp3) is 0.308. The highest BCUT2D eigenvalue weighted by Gasteiger charge is 2.15. The van der Waals surface area contributed by atoms with Crippen molar-refractivity contribution < 1.29 is 4.39 Å². The van der Waals surface area contributed by atoms with Crippen molar-refractivity contribution in [2.45, 2.75) is 25.9 Å². The van der Waals surface area contributed by atoms with E-state index in [4.69, 9.17) is 17.3 Å². The maximum atomic E-state index is 13.7. The summed E-state index contributed by atoms with van der Waals surface area (Å²) in [4.78, 5) is 0. The molecule has 3 nitrogen and oxygen atoms in total. The van der Waals surface area contributed by atoms with Crippen molar-refractivity contribution >= 4 is 11.6 Å². The zero-order valence-corrected chi connectivity index (χ0v) is 10.9. The van der Waals surface area contributed by atoms with Crippen LogP contribution in [0.3, 0.4) is 0 Å². The van der Waals surface area contributed by atoms with Crippen LogP contribution in [0.2, 0.25) is 5.02 Å². The van der Waals surface area contributed by atoms with E-state index in [1.54, 1.807) is 16.9 Å². The standard InChI is InChI=1S/C13H15ClFN3/c1-2-5-18-8-9(7-17-18)13(16)11-6-10(14)3-4-12(11)15/h3-4,6-8,13H,2,5,16H2,1H3. The van der Waals surface area contributed by atoms with Gasteiger partial charge in [-0.2, -0.15) is 5.10 Å². The highest BCUT2D eigenvalue weighted by atomic mass is 35.5. The van der Waals surface area contributed by atoms with E-state index < -0.39 is 6.04 Å². The second-order valence-electron chi connectivity index (χ2n) is 4.18. The Balaban J connectivity index is 2.29. The van der Waals surface area contributed by atoms with E-state index in [2.05, 4.69) is 12.0 Å². The average Bonchev–Trinajstić information content (AvgIpc) is 2.80. The molecule has 0 radical (unpaired) electrons. The van der Waals surface area contributed by atoms with Crippen molar-refractivity contribution in [1.82, 2.24) is 9.78 Å². The minimum absolute atomic E-state index is 0.352. The molecule has 0 amide bonds. The Bertz CT molecular complexity index is 539. The molecule has 2 rings (SSSR count). The topological polar surface area (TPSA) is 43.8 Å². The van der Waals surface area contributed by atoms with Gasteiger partial charge in [0.05, 0.1) is 12.2 Å². The molecule has 96 valence electrons. The van der Waals surface area contributed by atoms with Crippen molar-refractivity contribution in [3.63, 3.8) is 0 Å². The molecule has 1 aromatic carbocycles. The summed E-state index contributed by atoms with van der Waals surface area (Å²) in [6.45, 7) is 2.89. The normalized spacial score (nSPS) is 12.7. The summed E-state index contributed by atoms with van der Waals surface area (Å²) in [6.07, 6.45) is 4.50. The molecule has 1 heterocycles. The van der Waals surface area contributed by atoms with E-state index >= 15 is 0 Å². The molecular weight excluding hydrogens is 253 g/mol. The Morgan fingerprint density at radius 2 is 2.28 bits per heavy atom. The molecule has 1 atom stereocenters. The second-order valence-corrected chi connectivity index (χ2v) is 4.62. The molecule has 5 heteroatoms. The van der Waals surface area contributed by atoms with Gasteiger partial charge in [0, 0.05) is 28.9 Å². The number of aromatic nitrogens is 2. The van der Waals surface area contributed by atoms with Crippen LogP contribution in [-0.4, -0.2) is 9.78 Å². The van der Waals surface area contributed by atoms with Crippen LogP contribution in [-0.2, 0) is 6.54 Å². The Morgan fingerprint density at radius 1 is 1.50 bits per heavy atom. The zero-order valence-electron chi connectivity index (χ0n) is 10.1. The highest BCUT2D eigenvalue weighted by molar-refractivity contribution is 6.30. The molecule has 0 aliphatic carbocycles. The monoisotopic (exact) mass is 267 g/mol. The van der Waals surface area contributed by atoms with Crippen LogP contribution in [0.15, 0.2) is 30.6 Å². The van der Waals surface area contributed by atoms with Crippen LogP contribution < -0.4 is 5.73 Å². The molecular formula is C13H15ClFN3. The lowest BCUT2D eigenvalue weighted by molar-refractivity contribution is 0.595. The Labute approximate surface area is 110 Å². The third kappa shape index (κ3) is 2.71. The molecule has 2 N–H and O–H groups in total. The number of nitrogens with two attached hydrogens (primary N) is 1. The van der Waals surface area contributed by atoms with E-state index in [0.29, 0.717) is 10.6 Å². The summed E-state index contributed by atoms with van der Waals surface area (Å²) in [5.41, 5.74) is 7.21. The van der Waals surface area contributed by atoms with Gasteiger partial charge in [-0.25, -0.2) is 4.39 Å². The first-order valence-electron chi connectivity index (χ1n) is 5.84. The van der Waals surface area contributed by atoms with Crippen molar-refractivity contribution in [3.8, 4) is 0 Å². The fourth-order valence-corrected chi connectivity index (χ4v) is 2.00. The summed E-state index contributed by atoms with van der Waals surface area (Å²) < 4.78 is 15.5. The minimum Gasteiger partial charge on any atom is -0.320 e. The quantitative estimate of drug-likeness (QED) is 0.925. The van der Waals surface area contributed by atoms with Crippen LogP contribution in [0.25, 0.3) is 0 Å². The molecule has 0 saturated heterocycles. The van der Waals surface area contributed by atoms with E-state index in [1.807, 2.05) is 6.20 Å². The van der Waals surface area contributed by atoms with E-state index in [0.717, 1.165) is 18.5 Å². The summed E-state index contributed by atoms with van der Waals surface area (Å²) in [5, 5.41) is 4.66. The Hall–Kier alpha value is -1.39. The molecule has 1 unspecified atom stereocenters. The smallest absolute Gasteiger partial charge is 0.128 e. The van der Waals surface area contributed by atoms with Crippen molar-refractivity contribution in [2.75, 3.05) is 0 Å². The van der Waals surface area contributed by atoms with E-state index in [-0.39, 0.29) is 5.82 Å². The molecule has 0 spiro atoms. The second kappa shape index (κ2) is 5.50. The van der Waals surface area contributed by atoms with Gasteiger partial charge in [-0.15, -0.1) is 0 Å². The molecule has 1 aromatic heterocycles. The van der Waals surface area contributed by atoms with Gasteiger partial charge >= 0.3 is 0 Å². The molecule has 0 aliphatic heterocycles. The van der Waals surface area contributed by atoms with E-state index in [1.165, 1.54) is 12.1 Å². The molecule has 0 bridgehead atoms. The minimum atomic E-state index is -0.547. The van der Waals surface area contributed by atoms with Crippen LogP contribution in [0.5, 0.6) is 0 Å². The molecule has 0 aliphatic rings. The van der Waals surface area contributed by atoms with Crippen molar-refractivity contribution in [2.24, 2.45) is 5.73 Å². The van der Waals surface area contributed by atoms with Gasteiger partial charge < -0.3 is 5.73 Å². The van der Waals surface area contributed by atoms with Gasteiger partial charge in [-0.05, 0) is 24.6 Å². The van der Waals surface area contributed by atoms with Crippen LogP contribution in [0, 0.1) is 5.82 Å². The lowest BCUT2D eigenvalue weighted by atomic mass is 10.0. The number of halogens is 2. The molecule has 0 saturated carbocycles. The average molecular weight is 268 g/mol. The summed E-state index contributed by atoms with van der Waals surface area (Å²) in [5.74, 6) is -0.352. The molecule has 2 aromatic rings. The summed E-state index contributed by atoms with van der Waals surface area (Å²) >= 11 is 5.86. The predicted octanol–water partition coefficient (Wildman–Crippen LogP) is 3.13. The van der Waals surface area contributed by atoms with Crippen LogP contribution in [0.4, 0.5) is 4.39 Å². The lowest BCUT2D eigenvalue weighted by Gasteiger charge is -2.11. The number of nitrogens with zero attached hydrogens (tertiary/aromatic N) is 2. The fourth-order valence-electron chi connectivity index (χ4n) is 1.82. The number of aryl methyl sites for hydroxylation is 1. The number of hydrogen-bond acceptors (Lipinski definition) is 2. The van der Waals surface area contributed by atoms with Crippen molar-refractivity contribution in [1.29, 1.82) is 0 Å². The highest BCUT2D eigenvalue weighted by Crippen LogP contribution is 2.24. The molecule has 18 heavy (non-hydrogen) atoms. The Morgan fingerprint density at radius 3 is 3.00 bits per heavy atom. The lowest BCUT2D eigenvalue weighted by Crippen LogP contribution is -2.13. The van der Waals surface area contributed by atoms with Gasteiger partial charge in [-0.1, -0.05) is 18.5 Å². The molecule has 0 fully saturated rings.